The summed E-state index contributed by atoms with van der Waals surface area (Å²) >= 11 is 0. The highest BCUT2D eigenvalue weighted by Crippen LogP contribution is 2.21. The molecule has 3 aromatic rings. The maximum absolute atomic E-state index is 5.72. The summed E-state index contributed by atoms with van der Waals surface area (Å²) in [6.07, 6.45) is 1.67. The van der Waals surface area contributed by atoms with Crippen molar-refractivity contribution >= 4 is 10.8 Å². The molecule has 2 N–H and O–H groups in total. The smallest absolute Gasteiger partial charge is 0.146 e. The minimum atomic E-state index is 0.415. The molecule has 0 saturated heterocycles. The molecule has 0 amide bonds. The van der Waals surface area contributed by atoms with Crippen molar-refractivity contribution in [2.45, 2.75) is 13.2 Å². The summed E-state index contributed by atoms with van der Waals surface area (Å²) in [5.74, 6) is 1.62. The molecule has 0 aliphatic carbocycles. The third-order valence-corrected chi connectivity index (χ3v) is 3.05. The van der Waals surface area contributed by atoms with E-state index in [2.05, 4.69) is 18.2 Å². The summed E-state index contributed by atoms with van der Waals surface area (Å²) < 4.78 is 11.1. The zero-order chi connectivity index (χ0) is 13.1. The highest BCUT2D eigenvalue weighted by molar-refractivity contribution is 5.83. The predicted molar refractivity (Wildman–Crippen MR) is 74.9 cm³/mol. The van der Waals surface area contributed by atoms with E-state index >= 15 is 0 Å². The van der Waals surface area contributed by atoms with Gasteiger partial charge in [-0.1, -0.05) is 30.3 Å². The highest BCUT2D eigenvalue weighted by Gasteiger charge is 2.02. The van der Waals surface area contributed by atoms with Crippen LogP contribution in [0.1, 0.15) is 11.3 Å². The molecule has 0 aliphatic heterocycles. The van der Waals surface area contributed by atoms with Gasteiger partial charge in [0.25, 0.3) is 0 Å². The lowest BCUT2D eigenvalue weighted by Gasteiger charge is -2.05. The fraction of sp³-hybridized carbons (Fsp3) is 0.125. The minimum Gasteiger partial charge on any atom is -0.486 e. The summed E-state index contributed by atoms with van der Waals surface area (Å²) in [5.41, 5.74) is 6.52. The van der Waals surface area contributed by atoms with Gasteiger partial charge < -0.3 is 14.9 Å². The first kappa shape index (κ1) is 11.8. The van der Waals surface area contributed by atoms with Crippen LogP contribution in [0.25, 0.3) is 10.8 Å². The van der Waals surface area contributed by atoms with E-state index in [1.165, 1.54) is 10.8 Å². The number of ether oxygens (including phenoxy) is 1. The van der Waals surface area contributed by atoms with Crippen molar-refractivity contribution < 1.29 is 9.15 Å². The molecule has 3 heteroatoms. The third-order valence-electron chi connectivity index (χ3n) is 3.05. The zero-order valence-electron chi connectivity index (χ0n) is 10.5. The van der Waals surface area contributed by atoms with E-state index in [1.807, 2.05) is 30.3 Å². The fourth-order valence-electron chi connectivity index (χ4n) is 2.02. The van der Waals surface area contributed by atoms with Gasteiger partial charge in [-0.15, -0.1) is 0 Å². The van der Waals surface area contributed by atoms with Gasteiger partial charge in [-0.25, -0.2) is 0 Å². The minimum absolute atomic E-state index is 0.415. The molecule has 2 aromatic carbocycles. The van der Waals surface area contributed by atoms with Gasteiger partial charge in [-0.2, -0.15) is 0 Å². The Bertz CT molecular complexity index is 688. The van der Waals surface area contributed by atoms with E-state index < -0.39 is 0 Å². The quantitative estimate of drug-likeness (QED) is 0.774. The van der Waals surface area contributed by atoms with E-state index in [1.54, 1.807) is 6.26 Å². The average Bonchev–Trinajstić information content (AvgIpc) is 2.93. The average molecular weight is 253 g/mol. The van der Waals surface area contributed by atoms with Crippen LogP contribution in [0.2, 0.25) is 0 Å². The normalized spacial score (nSPS) is 10.8. The van der Waals surface area contributed by atoms with E-state index in [9.17, 15) is 0 Å². The molecule has 0 aliphatic rings. The first-order valence-electron chi connectivity index (χ1n) is 6.23. The van der Waals surface area contributed by atoms with Crippen LogP contribution >= 0.6 is 0 Å². The first-order chi connectivity index (χ1) is 9.35. The fourth-order valence-corrected chi connectivity index (χ4v) is 2.02. The second kappa shape index (κ2) is 5.16. The molecule has 0 fully saturated rings. The van der Waals surface area contributed by atoms with E-state index in [4.69, 9.17) is 14.9 Å². The van der Waals surface area contributed by atoms with Crippen molar-refractivity contribution in [3.63, 3.8) is 0 Å². The topological polar surface area (TPSA) is 48.4 Å². The van der Waals surface area contributed by atoms with Crippen molar-refractivity contribution in [1.82, 2.24) is 0 Å². The van der Waals surface area contributed by atoms with E-state index in [0.717, 1.165) is 17.1 Å². The number of hydrogen-bond acceptors (Lipinski definition) is 3. The molecule has 19 heavy (non-hydrogen) atoms. The molecule has 0 unspecified atom stereocenters. The van der Waals surface area contributed by atoms with Crippen LogP contribution in [0.4, 0.5) is 0 Å². The van der Waals surface area contributed by atoms with Gasteiger partial charge >= 0.3 is 0 Å². The largest absolute Gasteiger partial charge is 0.486 e. The summed E-state index contributed by atoms with van der Waals surface area (Å²) in [6.45, 7) is 0.901. The summed E-state index contributed by atoms with van der Waals surface area (Å²) in [4.78, 5) is 0. The molecule has 0 spiro atoms. The Labute approximate surface area is 111 Å². The Morgan fingerprint density at radius 1 is 1.00 bits per heavy atom. The number of furan rings is 1. The molecule has 1 aromatic heterocycles. The molecule has 3 rings (SSSR count). The van der Waals surface area contributed by atoms with Gasteiger partial charge in [-0.3, -0.25) is 0 Å². The van der Waals surface area contributed by atoms with Crippen LogP contribution in [0.5, 0.6) is 5.75 Å². The van der Waals surface area contributed by atoms with Gasteiger partial charge in [0.1, 0.15) is 18.1 Å². The SMILES string of the molecule is NCc1coc(COc2ccc3ccccc3c2)c1. The maximum Gasteiger partial charge on any atom is 0.146 e. The lowest BCUT2D eigenvalue weighted by Crippen LogP contribution is -1.95. The first-order valence-corrected chi connectivity index (χ1v) is 6.23. The van der Waals surface area contributed by atoms with Crippen LogP contribution in [-0.2, 0) is 13.2 Å². The van der Waals surface area contributed by atoms with Gasteiger partial charge in [0.05, 0.1) is 6.26 Å². The monoisotopic (exact) mass is 253 g/mol. The lowest BCUT2D eigenvalue weighted by molar-refractivity contribution is 0.270. The third kappa shape index (κ3) is 2.61. The molecule has 96 valence electrons. The van der Waals surface area contributed by atoms with Gasteiger partial charge in [0.15, 0.2) is 0 Å². The summed E-state index contributed by atoms with van der Waals surface area (Å²) in [5, 5.41) is 2.38. The van der Waals surface area contributed by atoms with Crippen LogP contribution in [0.15, 0.2) is 59.2 Å². The number of benzene rings is 2. The summed E-state index contributed by atoms with van der Waals surface area (Å²) in [6, 6.07) is 16.2. The van der Waals surface area contributed by atoms with Crippen molar-refractivity contribution in [2.75, 3.05) is 0 Å². The Morgan fingerprint density at radius 3 is 2.63 bits per heavy atom. The predicted octanol–water partition coefficient (Wildman–Crippen LogP) is 3.47. The Morgan fingerprint density at radius 2 is 1.84 bits per heavy atom. The van der Waals surface area contributed by atoms with Crippen LogP contribution in [-0.4, -0.2) is 0 Å². The second-order valence-corrected chi connectivity index (χ2v) is 4.42. The molecular formula is C16H15NO2. The lowest BCUT2D eigenvalue weighted by atomic mass is 10.1. The van der Waals surface area contributed by atoms with Crippen molar-refractivity contribution in [1.29, 1.82) is 0 Å². The molecule has 1 heterocycles. The Balaban J connectivity index is 1.74. The van der Waals surface area contributed by atoms with Crippen molar-refractivity contribution in [3.8, 4) is 5.75 Å². The number of hydrogen-bond donors (Lipinski definition) is 1. The molecule has 0 atom stereocenters. The number of rotatable bonds is 4. The van der Waals surface area contributed by atoms with E-state index in [-0.39, 0.29) is 0 Å². The highest BCUT2D eigenvalue weighted by atomic mass is 16.5. The standard InChI is InChI=1S/C16H15NO2/c17-9-12-7-16(18-10-12)11-19-15-6-5-13-3-1-2-4-14(13)8-15/h1-8,10H,9,11,17H2. The van der Waals surface area contributed by atoms with Crippen LogP contribution < -0.4 is 10.5 Å². The second-order valence-electron chi connectivity index (χ2n) is 4.42. The van der Waals surface area contributed by atoms with Crippen molar-refractivity contribution in [3.05, 3.63) is 66.1 Å². The molecule has 0 saturated carbocycles. The van der Waals surface area contributed by atoms with Gasteiger partial charge in [0, 0.05) is 12.1 Å². The van der Waals surface area contributed by atoms with Gasteiger partial charge in [0.2, 0.25) is 0 Å². The van der Waals surface area contributed by atoms with E-state index in [0.29, 0.717) is 13.2 Å². The molecule has 0 bridgehead atoms. The van der Waals surface area contributed by atoms with Crippen LogP contribution in [0, 0.1) is 0 Å². The number of nitrogens with two attached hydrogens (primary N) is 1. The zero-order valence-corrected chi connectivity index (χ0v) is 10.5. The molecule has 0 radical (unpaired) electrons. The Hall–Kier alpha value is -2.26. The maximum atomic E-state index is 5.72. The van der Waals surface area contributed by atoms with Gasteiger partial charge in [-0.05, 0) is 29.0 Å². The van der Waals surface area contributed by atoms with Crippen LogP contribution in [0.3, 0.4) is 0 Å². The number of fused-ring (bicyclic) bond motifs is 1. The van der Waals surface area contributed by atoms with Crippen molar-refractivity contribution in [2.24, 2.45) is 5.73 Å². The summed E-state index contributed by atoms with van der Waals surface area (Å²) in [7, 11) is 0. The molecule has 3 nitrogen and oxygen atoms in total. The molecular weight excluding hydrogens is 238 g/mol. The Kier molecular flexibility index (Phi) is 3.21.